The topological polar surface area (TPSA) is 42.5 Å². The van der Waals surface area contributed by atoms with E-state index in [1.807, 2.05) is 18.2 Å². The van der Waals surface area contributed by atoms with Crippen LogP contribution in [0.5, 0.6) is 11.5 Å². The zero-order valence-corrected chi connectivity index (χ0v) is 13.6. The molecule has 0 amide bonds. The van der Waals surface area contributed by atoms with Gasteiger partial charge in [-0.3, -0.25) is 0 Å². The monoisotopic (exact) mass is 322 g/mol. The van der Waals surface area contributed by atoms with Gasteiger partial charge in [0.2, 0.25) is 0 Å². The molecule has 4 nitrogen and oxygen atoms in total. The van der Waals surface area contributed by atoms with Crippen molar-refractivity contribution in [2.75, 3.05) is 26.1 Å². The molecule has 1 aromatic carbocycles. The summed E-state index contributed by atoms with van der Waals surface area (Å²) in [6.07, 6.45) is 0.958. The fourth-order valence-electron chi connectivity index (χ4n) is 1.82. The summed E-state index contributed by atoms with van der Waals surface area (Å²) >= 11 is 7.05. The normalized spacial score (nSPS) is 10.0. The smallest absolute Gasteiger partial charge is 0.170 e. The van der Waals surface area contributed by atoms with Gasteiger partial charge < -0.3 is 20.1 Å². The van der Waals surface area contributed by atoms with E-state index in [9.17, 15) is 0 Å². The molecule has 0 radical (unpaired) electrons. The molecule has 0 saturated carbocycles. The van der Waals surface area contributed by atoms with Crippen LogP contribution >= 0.6 is 23.6 Å². The van der Waals surface area contributed by atoms with Gasteiger partial charge in [-0.05, 0) is 42.2 Å². The van der Waals surface area contributed by atoms with Crippen molar-refractivity contribution >= 4 is 34.4 Å². The Labute approximate surface area is 134 Å². The standard InChI is InChI=1S/C15H18N2O2S2/c1-18-11-5-6-13(14(10-11)19-2)17-15(20)16-8-7-12-4-3-9-21-12/h3-6,9-10H,7-8H2,1-2H3,(H2,16,17,20). The van der Waals surface area contributed by atoms with Crippen molar-refractivity contribution in [2.24, 2.45) is 0 Å². The van der Waals surface area contributed by atoms with E-state index in [1.54, 1.807) is 25.6 Å². The molecule has 2 N–H and O–H groups in total. The first-order chi connectivity index (χ1) is 10.2. The molecule has 0 atom stereocenters. The summed E-state index contributed by atoms with van der Waals surface area (Å²) in [5.41, 5.74) is 0.812. The first-order valence-electron chi connectivity index (χ1n) is 6.52. The molecule has 2 aromatic rings. The van der Waals surface area contributed by atoms with Crippen LogP contribution in [-0.2, 0) is 6.42 Å². The average molecular weight is 322 g/mol. The van der Waals surface area contributed by atoms with E-state index in [1.165, 1.54) is 4.88 Å². The number of hydrogen-bond donors (Lipinski definition) is 2. The van der Waals surface area contributed by atoms with Crippen molar-refractivity contribution in [1.29, 1.82) is 0 Å². The molecular weight excluding hydrogens is 304 g/mol. The van der Waals surface area contributed by atoms with Crippen LogP contribution in [0.2, 0.25) is 0 Å². The van der Waals surface area contributed by atoms with E-state index in [-0.39, 0.29) is 0 Å². The summed E-state index contributed by atoms with van der Waals surface area (Å²) in [5, 5.41) is 8.98. The largest absolute Gasteiger partial charge is 0.497 e. The number of rotatable bonds is 6. The second kappa shape index (κ2) is 7.85. The summed E-state index contributed by atoms with van der Waals surface area (Å²) in [6.45, 7) is 0.796. The predicted octanol–water partition coefficient (Wildman–Crippen LogP) is 3.29. The van der Waals surface area contributed by atoms with Crippen LogP contribution < -0.4 is 20.1 Å². The van der Waals surface area contributed by atoms with Gasteiger partial charge in [0.1, 0.15) is 11.5 Å². The fourth-order valence-corrected chi connectivity index (χ4v) is 2.74. The average Bonchev–Trinajstić information content (AvgIpc) is 3.01. The van der Waals surface area contributed by atoms with Gasteiger partial charge in [-0.15, -0.1) is 11.3 Å². The third kappa shape index (κ3) is 4.61. The number of thiophene rings is 1. The van der Waals surface area contributed by atoms with E-state index in [0.717, 1.165) is 24.4 Å². The Morgan fingerprint density at radius 2 is 2.10 bits per heavy atom. The van der Waals surface area contributed by atoms with Crippen molar-refractivity contribution in [2.45, 2.75) is 6.42 Å². The molecular formula is C15H18N2O2S2. The molecule has 0 bridgehead atoms. The quantitative estimate of drug-likeness (QED) is 0.799. The molecule has 0 fully saturated rings. The SMILES string of the molecule is COc1ccc(NC(=S)NCCc2cccs2)c(OC)c1. The Balaban J connectivity index is 1.87. The lowest BCUT2D eigenvalue weighted by atomic mass is 10.2. The third-order valence-electron chi connectivity index (χ3n) is 2.89. The van der Waals surface area contributed by atoms with Crippen LogP contribution in [0.25, 0.3) is 0 Å². The van der Waals surface area contributed by atoms with Gasteiger partial charge in [0, 0.05) is 17.5 Å². The summed E-state index contributed by atoms with van der Waals surface area (Å²) in [7, 11) is 3.24. The Bertz CT molecular complexity index is 585. The van der Waals surface area contributed by atoms with Crippen LogP contribution in [0.1, 0.15) is 4.88 Å². The highest BCUT2D eigenvalue weighted by molar-refractivity contribution is 7.80. The lowest BCUT2D eigenvalue weighted by molar-refractivity contribution is 0.395. The molecule has 1 aromatic heterocycles. The highest BCUT2D eigenvalue weighted by atomic mass is 32.1. The minimum atomic E-state index is 0.579. The number of methoxy groups -OCH3 is 2. The zero-order valence-electron chi connectivity index (χ0n) is 12.0. The summed E-state index contributed by atoms with van der Waals surface area (Å²) < 4.78 is 10.5. The number of hydrogen-bond acceptors (Lipinski definition) is 4. The Morgan fingerprint density at radius 1 is 1.24 bits per heavy atom. The maximum Gasteiger partial charge on any atom is 0.170 e. The van der Waals surface area contributed by atoms with Crippen LogP contribution in [0.4, 0.5) is 5.69 Å². The summed E-state index contributed by atoms with van der Waals surface area (Å²) in [4.78, 5) is 1.34. The minimum Gasteiger partial charge on any atom is -0.497 e. The highest BCUT2D eigenvalue weighted by Crippen LogP contribution is 2.28. The molecule has 0 saturated heterocycles. The molecule has 1 heterocycles. The Kier molecular flexibility index (Phi) is 5.83. The van der Waals surface area contributed by atoms with E-state index in [2.05, 4.69) is 28.1 Å². The summed E-state index contributed by atoms with van der Waals surface area (Å²) in [6, 6.07) is 9.73. The van der Waals surface area contributed by atoms with Gasteiger partial charge in [-0.1, -0.05) is 6.07 Å². The van der Waals surface area contributed by atoms with Gasteiger partial charge in [0.05, 0.1) is 19.9 Å². The highest BCUT2D eigenvalue weighted by Gasteiger charge is 2.06. The van der Waals surface area contributed by atoms with Gasteiger partial charge in [0.15, 0.2) is 5.11 Å². The fraction of sp³-hybridized carbons (Fsp3) is 0.267. The molecule has 2 rings (SSSR count). The molecule has 0 aliphatic carbocycles. The van der Waals surface area contributed by atoms with Crippen LogP contribution in [0.3, 0.4) is 0 Å². The lowest BCUT2D eigenvalue weighted by Crippen LogP contribution is -2.30. The van der Waals surface area contributed by atoms with Crippen molar-refractivity contribution in [3.05, 3.63) is 40.6 Å². The molecule has 0 aliphatic rings. The number of ether oxygens (including phenoxy) is 2. The van der Waals surface area contributed by atoms with E-state index in [0.29, 0.717) is 10.9 Å². The van der Waals surface area contributed by atoms with Crippen molar-refractivity contribution in [3.8, 4) is 11.5 Å². The van der Waals surface area contributed by atoms with Crippen molar-refractivity contribution < 1.29 is 9.47 Å². The molecule has 6 heteroatoms. The Hall–Kier alpha value is -1.79. The van der Waals surface area contributed by atoms with Crippen molar-refractivity contribution in [1.82, 2.24) is 5.32 Å². The van der Waals surface area contributed by atoms with Gasteiger partial charge in [-0.2, -0.15) is 0 Å². The first-order valence-corrected chi connectivity index (χ1v) is 7.81. The Morgan fingerprint density at radius 3 is 2.76 bits per heavy atom. The molecule has 0 spiro atoms. The predicted molar refractivity (Wildman–Crippen MR) is 91.8 cm³/mol. The lowest BCUT2D eigenvalue weighted by Gasteiger charge is -2.14. The van der Waals surface area contributed by atoms with E-state index < -0.39 is 0 Å². The number of benzene rings is 1. The second-order valence-corrected chi connectivity index (χ2v) is 5.72. The van der Waals surface area contributed by atoms with Crippen LogP contribution in [0, 0.1) is 0 Å². The van der Waals surface area contributed by atoms with Gasteiger partial charge in [0.25, 0.3) is 0 Å². The molecule has 0 aliphatic heterocycles. The molecule has 0 unspecified atom stereocenters. The molecule has 112 valence electrons. The first kappa shape index (κ1) is 15.6. The number of anilines is 1. The summed E-state index contributed by atoms with van der Waals surface area (Å²) in [5.74, 6) is 1.44. The minimum absolute atomic E-state index is 0.579. The third-order valence-corrected chi connectivity index (χ3v) is 4.08. The number of thiocarbonyl (C=S) groups is 1. The van der Waals surface area contributed by atoms with E-state index >= 15 is 0 Å². The molecule has 21 heavy (non-hydrogen) atoms. The maximum absolute atomic E-state index is 5.32. The van der Waals surface area contributed by atoms with Crippen LogP contribution in [-0.4, -0.2) is 25.9 Å². The van der Waals surface area contributed by atoms with Crippen LogP contribution in [0.15, 0.2) is 35.7 Å². The van der Waals surface area contributed by atoms with Crippen molar-refractivity contribution in [3.63, 3.8) is 0 Å². The van der Waals surface area contributed by atoms with Gasteiger partial charge in [-0.25, -0.2) is 0 Å². The van der Waals surface area contributed by atoms with Gasteiger partial charge >= 0.3 is 0 Å². The van der Waals surface area contributed by atoms with E-state index in [4.69, 9.17) is 21.7 Å². The zero-order chi connectivity index (χ0) is 15.1. The number of nitrogens with one attached hydrogen (secondary N) is 2. The second-order valence-electron chi connectivity index (χ2n) is 4.28. The maximum atomic E-state index is 5.32.